The molecule has 1 aromatic carbocycles. The van der Waals surface area contributed by atoms with E-state index in [2.05, 4.69) is 27.7 Å². The molecule has 1 unspecified atom stereocenters. The maximum Gasteiger partial charge on any atom is 0.126 e. The van der Waals surface area contributed by atoms with Crippen molar-refractivity contribution >= 4 is 23.2 Å². The van der Waals surface area contributed by atoms with Crippen LogP contribution in [0.4, 0.5) is 0 Å². The van der Waals surface area contributed by atoms with Crippen LogP contribution in [-0.2, 0) is 12.8 Å². The Labute approximate surface area is 144 Å². The lowest BCUT2D eigenvalue weighted by molar-refractivity contribution is 0.205. The van der Waals surface area contributed by atoms with Crippen LogP contribution in [0.2, 0.25) is 0 Å². The van der Waals surface area contributed by atoms with Crippen LogP contribution in [0.25, 0.3) is 0 Å². The maximum absolute atomic E-state index is 6.19. The number of hydrogen-bond acceptors (Lipinski definition) is 2. The van der Waals surface area contributed by atoms with Crippen LogP contribution >= 0.6 is 23.2 Å². The fourth-order valence-corrected chi connectivity index (χ4v) is 2.48. The van der Waals surface area contributed by atoms with Gasteiger partial charge in [0.1, 0.15) is 22.6 Å². The molecule has 0 saturated heterocycles. The van der Waals surface area contributed by atoms with Gasteiger partial charge < -0.3 is 9.47 Å². The first kappa shape index (κ1) is 19.2. The van der Waals surface area contributed by atoms with E-state index in [0.717, 1.165) is 37.2 Å². The molecule has 0 radical (unpaired) electrons. The number of aryl methyl sites for hydroxylation is 2. The second-order valence-electron chi connectivity index (χ2n) is 5.30. The minimum atomic E-state index is 0.222. The molecule has 0 heterocycles. The third-order valence-corrected chi connectivity index (χ3v) is 3.79. The summed E-state index contributed by atoms with van der Waals surface area (Å²) >= 11 is 11.2. The zero-order valence-electron chi connectivity index (χ0n) is 13.9. The summed E-state index contributed by atoms with van der Waals surface area (Å²) in [6, 6.07) is 4.09. The van der Waals surface area contributed by atoms with Crippen molar-refractivity contribution in [3.63, 3.8) is 0 Å². The highest BCUT2D eigenvalue weighted by Crippen LogP contribution is 2.32. The summed E-state index contributed by atoms with van der Waals surface area (Å²) in [5.74, 6) is 1.85. The molecule has 1 aromatic rings. The maximum atomic E-state index is 6.19. The summed E-state index contributed by atoms with van der Waals surface area (Å²) in [6.45, 7) is 8.92. The first-order valence-electron chi connectivity index (χ1n) is 7.98. The van der Waals surface area contributed by atoms with Crippen molar-refractivity contribution in [2.75, 3.05) is 6.61 Å². The first-order valence-corrected chi connectivity index (χ1v) is 8.73. The van der Waals surface area contributed by atoms with Crippen LogP contribution in [0, 0.1) is 0 Å². The van der Waals surface area contributed by atoms with Crippen molar-refractivity contribution in [3.05, 3.63) is 33.8 Å². The van der Waals surface area contributed by atoms with E-state index in [1.807, 2.05) is 12.1 Å². The predicted octanol–water partition coefficient (Wildman–Crippen LogP) is 6.08. The molecule has 0 aromatic heterocycles. The van der Waals surface area contributed by atoms with Gasteiger partial charge in [-0.2, -0.15) is 0 Å². The van der Waals surface area contributed by atoms with Crippen LogP contribution in [0.3, 0.4) is 0 Å². The first-order chi connectivity index (χ1) is 10.5. The van der Waals surface area contributed by atoms with Crippen LogP contribution in [0.15, 0.2) is 22.7 Å². The van der Waals surface area contributed by atoms with Crippen LogP contribution in [0.1, 0.15) is 51.7 Å². The smallest absolute Gasteiger partial charge is 0.126 e. The molecule has 1 atom stereocenters. The van der Waals surface area contributed by atoms with Crippen molar-refractivity contribution in [2.45, 2.75) is 59.5 Å². The summed E-state index contributed by atoms with van der Waals surface area (Å²) in [6.07, 6.45) is 5.86. The van der Waals surface area contributed by atoms with Gasteiger partial charge in [-0.3, -0.25) is 0 Å². The Balaban J connectivity index is 2.99. The molecule has 2 nitrogen and oxygen atoms in total. The normalized spacial score (nSPS) is 11.9. The van der Waals surface area contributed by atoms with Gasteiger partial charge in [-0.1, -0.05) is 50.4 Å². The monoisotopic (exact) mass is 344 g/mol. The van der Waals surface area contributed by atoms with Gasteiger partial charge in [0.25, 0.3) is 0 Å². The fraction of sp³-hybridized carbons (Fsp3) is 0.556. The van der Waals surface area contributed by atoms with Gasteiger partial charge in [0.15, 0.2) is 0 Å². The molecule has 0 spiro atoms. The average Bonchev–Trinajstić information content (AvgIpc) is 2.48. The molecule has 124 valence electrons. The molecule has 4 heteroatoms. The summed E-state index contributed by atoms with van der Waals surface area (Å²) in [5.41, 5.74) is 2.36. The highest BCUT2D eigenvalue weighted by molar-refractivity contribution is 6.55. The lowest BCUT2D eigenvalue weighted by Crippen LogP contribution is -2.14. The SMILES string of the molecule is CCCC(C)Oc1c(CC)cc(OCC=C(Cl)Cl)cc1CC. The molecule has 22 heavy (non-hydrogen) atoms. The zero-order valence-corrected chi connectivity index (χ0v) is 15.4. The Hall–Kier alpha value is -0.860. The standard InChI is InChI=1S/C18H26Cl2O2/c1-5-8-13(4)22-18-14(6-2)11-16(12-15(18)7-3)21-10-9-17(19)20/h9,11-13H,5-8,10H2,1-4H3. The van der Waals surface area contributed by atoms with Gasteiger partial charge >= 0.3 is 0 Å². The minimum Gasteiger partial charge on any atom is -0.490 e. The van der Waals surface area contributed by atoms with Crippen LogP contribution in [0.5, 0.6) is 11.5 Å². The largest absolute Gasteiger partial charge is 0.490 e. The molecule has 0 aliphatic heterocycles. The highest BCUT2D eigenvalue weighted by atomic mass is 35.5. The van der Waals surface area contributed by atoms with Gasteiger partial charge in [0, 0.05) is 0 Å². The molecule has 0 aliphatic rings. The van der Waals surface area contributed by atoms with Gasteiger partial charge in [0.2, 0.25) is 0 Å². The van der Waals surface area contributed by atoms with E-state index in [9.17, 15) is 0 Å². The molecule has 0 saturated carbocycles. The predicted molar refractivity (Wildman–Crippen MR) is 95.5 cm³/mol. The Morgan fingerprint density at radius 3 is 2.18 bits per heavy atom. The molecular weight excluding hydrogens is 319 g/mol. The third-order valence-electron chi connectivity index (χ3n) is 3.48. The molecule has 0 amide bonds. The summed E-state index contributed by atoms with van der Waals surface area (Å²) < 4.78 is 12.1. The van der Waals surface area contributed by atoms with Crippen molar-refractivity contribution in [1.82, 2.24) is 0 Å². The molecular formula is C18H26Cl2O2. The Kier molecular flexibility index (Phi) is 8.74. The lowest BCUT2D eigenvalue weighted by Gasteiger charge is -2.20. The molecule has 1 rings (SSSR count). The van der Waals surface area contributed by atoms with Gasteiger partial charge in [-0.25, -0.2) is 0 Å². The fourth-order valence-electron chi connectivity index (χ4n) is 2.35. The van der Waals surface area contributed by atoms with Crippen LogP contribution in [-0.4, -0.2) is 12.7 Å². The number of hydrogen-bond donors (Lipinski definition) is 0. The Morgan fingerprint density at radius 1 is 1.14 bits per heavy atom. The van der Waals surface area contributed by atoms with Crippen molar-refractivity contribution < 1.29 is 9.47 Å². The Morgan fingerprint density at radius 2 is 1.73 bits per heavy atom. The summed E-state index contributed by atoms with van der Waals surface area (Å²) in [4.78, 5) is 0. The van der Waals surface area contributed by atoms with E-state index in [4.69, 9.17) is 32.7 Å². The van der Waals surface area contributed by atoms with Crippen molar-refractivity contribution in [1.29, 1.82) is 0 Å². The van der Waals surface area contributed by atoms with E-state index in [-0.39, 0.29) is 10.6 Å². The van der Waals surface area contributed by atoms with Crippen LogP contribution < -0.4 is 9.47 Å². The van der Waals surface area contributed by atoms with Gasteiger partial charge in [-0.05, 0) is 55.5 Å². The minimum absolute atomic E-state index is 0.222. The molecule has 0 bridgehead atoms. The summed E-state index contributed by atoms with van der Waals surface area (Å²) in [5, 5.41) is 0. The van der Waals surface area contributed by atoms with Gasteiger partial charge in [-0.15, -0.1) is 0 Å². The second kappa shape index (κ2) is 10.0. The average molecular weight is 345 g/mol. The van der Waals surface area contributed by atoms with E-state index >= 15 is 0 Å². The number of halogens is 2. The quantitative estimate of drug-likeness (QED) is 0.540. The highest BCUT2D eigenvalue weighted by Gasteiger charge is 2.14. The van der Waals surface area contributed by atoms with Gasteiger partial charge in [0.05, 0.1) is 6.10 Å². The topological polar surface area (TPSA) is 18.5 Å². The van der Waals surface area contributed by atoms with Crippen molar-refractivity contribution in [2.24, 2.45) is 0 Å². The molecule has 0 aliphatic carbocycles. The lowest BCUT2D eigenvalue weighted by atomic mass is 10.0. The zero-order chi connectivity index (χ0) is 16.5. The summed E-state index contributed by atoms with van der Waals surface area (Å²) in [7, 11) is 0. The van der Waals surface area contributed by atoms with E-state index < -0.39 is 0 Å². The number of benzene rings is 1. The van der Waals surface area contributed by atoms with E-state index in [1.54, 1.807) is 6.08 Å². The van der Waals surface area contributed by atoms with E-state index in [1.165, 1.54) is 11.1 Å². The number of ether oxygens (including phenoxy) is 2. The Bertz CT molecular complexity index is 469. The number of rotatable bonds is 9. The third kappa shape index (κ3) is 6.10. The van der Waals surface area contributed by atoms with E-state index in [0.29, 0.717) is 6.61 Å². The van der Waals surface area contributed by atoms with Crippen molar-refractivity contribution in [3.8, 4) is 11.5 Å². The molecule has 0 fully saturated rings. The molecule has 0 N–H and O–H groups in total. The second-order valence-corrected chi connectivity index (χ2v) is 6.31.